The van der Waals surface area contributed by atoms with Crippen molar-refractivity contribution in [3.8, 4) is 0 Å². The number of thiophene rings is 1. The maximum absolute atomic E-state index is 5.78. The van der Waals surface area contributed by atoms with Crippen LogP contribution < -0.4 is 0 Å². The largest absolute Gasteiger partial charge is 0.370 e. The van der Waals surface area contributed by atoms with Crippen LogP contribution in [0.5, 0.6) is 0 Å². The Kier molecular flexibility index (Phi) is 2.79. The standard InChI is InChI=1S/C16H18N4OS/c1-9-4-5-10-12(7-9)22-16-13(10)15-19-18-14(20(15)8-17-16)11-3-2-6-21-11/h8-9,11H,2-7H2,1H3/t9-,11-/m0/s1. The van der Waals surface area contributed by atoms with Gasteiger partial charge < -0.3 is 4.74 Å². The minimum Gasteiger partial charge on any atom is -0.370 e. The molecule has 22 heavy (non-hydrogen) atoms. The number of fused-ring (bicyclic) bond motifs is 5. The molecule has 0 unspecified atom stereocenters. The van der Waals surface area contributed by atoms with E-state index in [1.165, 1.54) is 28.7 Å². The van der Waals surface area contributed by atoms with Gasteiger partial charge in [0.2, 0.25) is 0 Å². The van der Waals surface area contributed by atoms with Gasteiger partial charge in [-0.2, -0.15) is 0 Å². The minimum absolute atomic E-state index is 0.0729. The molecule has 0 N–H and O–H groups in total. The van der Waals surface area contributed by atoms with Gasteiger partial charge in [-0.3, -0.25) is 4.40 Å². The first-order valence-corrected chi connectivity index (χ1v) is 8.88. The molecule has 1 aliphatic carbocycles. The number of aromatic nitrogens is 4. The fourth-order valence-corrected chi connectivity index (χ4v) is 5.10. The highest BCUT2D eigenvalue weighted by atomic mass is 32.1. The molecule has 0 saturated carbocycles. The summed E-state index contributed by atoms with van der Waals surface area (Å²) >= 11 is 1.84. The summed E-state index contributed by atoms with van der Waals surface area (Å²) in [6.07, 6.45) is 7.64. The lowest BCUT2D eigenvalue weighted by molar-refractivity contribution is 0.104. The molecule has 114 valence electrons. The fourth-order valence-electron chi connectivity index (χ4n) is 3.76. The van der Waals surface area contributed by atoms with E-state index < -0.39 is 0 Å². The SMILES string of the molecule is C[C@H]1CCc2c(sc3ncn4c([C@@H]5CCCO5)nnc4c23)C1. The lowest BCUT2D eigenvalue weighted by Crippen LogP contribution is -2.08. The van der Waals surface area contributed by atoms with Crippen molar-refractivity contribution in [3.05, 3.63) is 22.6 Å². The van der Waals surface area contributed by atoms with Gasteiger partial charge in [0.25, 0.3) is 0 Å². The van der Waals surface area contributed by atoms with Gasteiger partial charge in [-0.05, 0) is 43.6 Å². The smallest absolute Gasteiger partial charge is 0.172 e. The first-order chi connectivity index (χ1) is 10.8. The topological polar surface area (TPSA) is 52.3 Å². The minimum atomic E-state index is 0.0729. The zero-order valence-electron chi connectivity index (χ0n) is 12.6. The quantitative estimate of drug-likeness (QED) is 0.691. The van der Waals surface area contributed by atoms with Gasteiger partial charge in [-0.15, -0.1) is 21.5 Å². The summed E-state index contributed by atoms with van der Waals surface area (Å²) in [5.74, 6) is 1.68. The van der Waals surface area contributed by atoms with Crippen LogP contribution in [0.25, 0.3) is 15.9 Å². The summed E-state index contributed by atoms with van der Waals surface area (Å²) in [6, 6.07) is 0. The molecule has 0 bridgehead atoms. The van der Waals surface area contributed by atoms with Crippen LogP contribution in [0.15, 0.2) is 6.33 Å². The molecule has 4 heterocycles. The van der Waals surface area contributed by atoms with Crippen molar-refractivity contribution in [3.63, 3.8) is 0 Å². The highest BCUT2D eigenvalue weighted by Gasteiger charge is 2.27. The molecule has 5 nitrogen and oxygen atoms in total. The normalized spacial score (nSPS) is 25.1. The lowest BCUT2D eigenvalue weighted by atomic mass is 9.89. The van der Waals surface area contributed by atoms with Crippen LogP contribution in [-0.2, 0) is 17.6 Å². The fraction of sp³-hybridized carbons (Fsp3) is 0.562. The van der Waals surface area contributed by atoms with E-state index in [9.17, 15) is 0 Å². The van der Waals surface area contributed by atoms with Gasteiger partial charge in [0.05, 0.1) is 5.39 Å². The summed E-state index contributed by atoms with van der Waals surface area (Å²) < 4.78 is 7.82. The van der Waals surface area contributed by atoms with Crippen molar-refractivity contribution in [1.82, 2.24) is 19.6 Å². The average molecular weight is 314 g/mol. The highest BCUT2D eigenvalue weighted by Crippen LogP contribution is 2.39. The van der Waals surface area contributed by atoms with Gasteiger partial charge in [0.1, 0.15) is 17.3 Å². The molecule has 1 aliphatic heterocycles. The number of rotatable bonds is 1. The van der Waals surface area contributed by atoms with Crippen molar-refractivity contribution in [2.75, 3.05) is 6.61 Å². The van der Waals surface area contributed by atoms with Crippen LogP contribution in [0.4, 0.5) is 0 Å². The summed E-state index contributed by atoms with van der Waals surface area (Å²) in [5.41, 5.74) is 2.42. The lowest BCUT2D eigenvalue weighted by Gasteiger charge is -2.17. The molecule has 6 heteroatoms. The third-order valence-electron chi connectivity index (χ3n) is 4.95. The maximum atomic E-state index is 5.78. The van der Waals surface area contributed by atoms with Crippen molar-refractivity contribution < 1.29 is 4.74 Å². The molecule has 0 amide bonds. The monoisotopic (exact) mass is 314 g/mol. The number of hydrogen-bond acceptors (Lipinski definition) is 5. The summed E-state index contributed by atoms with van der Waals surface area (Å²) in [5, 5.41) is 10.1. The van der Waals surface area contributed by atoms with Crippen LogP contribution >= 0.6 is 11.3 Å². The first kappa shape index (κ1) is 13.0. The third kappa shape index (κ3) is 1.77. The Hall–Kier alpha value is -1.53. The first-order valence-electron chi connectivity index (χ1n) is 8.06. The second-order valence-corrected chi connectivity index (χ2v) is 7.61. The highest BCUT2D eigenvalue weighted by molar-refractivity contribution is 7.19. The van der Waals surface area contributed by atoms with Crippen molar-refractivity contribution >= 4 is 27.2 Å². The van der Waals surface area contributed by atoms with E-state index in [1.54, 1.807) is 0 Å². The number of hydrogen-bond donors (Lipinski definition) is 0. The van der Waals surface area contributed by atoms with Crippen LogP contribution in [0.3, 0.4) is 0 Å². The molecule has 1 saturated heterocycles. The molecular formula is C16H18N4OS. The Bertz CT molecular complexity index is 862. The van der Waals surface area contributed by atoms with Gasteiger partial charge in [-0.1, -0.05) is 6.92 Å². The molecule has 0 aromatic carbocycles. The van der Waals surface area contributed by atoms with Crippen molar-refractivity contribution in [2.24, 2.45) is 5.92 Å². The average Bonchev–Trinajstić information content (AvgIpc) is 3.22. The van der Waals surface area contributed by atoms with E-state index >= 15 is 0 Å². The predicted octanol–water partition coefficient (Wildman–Crippen LogP) is 3.32. The summed E-state index contributed by atoms with van der Waals surface area (Å²) in [4.78, 5) is 7.30. The number of nitrogens with zero attached hydrogens (tertiary/aromatic N) is 4. The Morgan fingerprint density at radius 3 is 3.14 bits per heavy atom. The predicted molar refractivity (Wildman–Crippen MR) is 85.3 cm³/mol. The van der Waals surface area contributed by atoms with Crippen LogP contribution in [0, 0.1) is 5.92 Å². The third-order valence-corrected chi connectivity index (χ3v) is 6.11. The summed E-state index contributed by atoms with van der Waals surface area (Å²) in [6.45, 7) is 3.16. The van der Waals surface area contributed by atoms with Gasteiger partial charge in [0, 0.05) is 11.5 Å². The van der Waals surface area contributed by atoms with E-state index in [2.05, 4.69) is 22.1 Å². The summed E-state index contributed by atoms with van der Waals surface area (Å²) in [7, 11) is 0. The second-order valence-electron chi connectivity index (χ2n) is 6.53. The number of aryl methyl sites for hydroxylation is 1. The Morgan fingerprint density at radius 2 is 2.27 bits per heavy atom. The molecule has 0 spiro atoms. The van der Waals surface area contributed by atoms with Crippen molar-refractivity contribution in [1.29, 1.82) is 0 Å². The van der Waals surface area contributed by atoms with Crippen LogP contribution in [-0.4, -0.2) is 26.2 Å². The van der Waals surface area contributed by atoms with Gasteiger partial charge in [0.15, 0.2) is 11.5 Å². The second kappa shape index (κ2) is 4.73. The molecule has 2 atom stereocenters. The van der Waals surface area contributed by atoms with E-state index in [0.29, 0.717) is 0 Å². The molecule has 0 radical (unpaired) electrons. The molecular weight excluding hydrogens is 296 g/mol. The number of ether oxygens (including phenoxy) is 1. The zero-order valence-corrected chi connectivity index (χ0v) is 13.4. The van der Waals surface area contributed by atoms with E-state index in [1.807, 2.05) is 22.1 Å². The van der Waals surface area contributed by atoms with Crippen LogP contribution in [0.1, 0.15) is 48.6 Å². The van der Waals surface area contributed by atoms with Gasteiger partial charge >= 0.3 is 0 Å². The molecule has 2 aliphatic rings. The molecule has 3 aromatic rings. The van der Waals surface area contributed by atoms with E-state index in [0.717, 1.165) is 48.1 Å². The van der Waals surface area contributed by atoms with Gasteiger partial charge in [-0.25, -0.2) is 4.98 Å². The Balaban J connectivity index is 1.74. The van der Waals surface area contributed by atoms with Crippen molar-refractivity contribution in [2.45, 2.75) is 45.1 Å². The zero-order chi connectivity index (χ0) is 14.7. The Labute approximate surface area is 132 Å². The molecule has 1 fully saturated rings. The van der Waals surface area contributed by atoms with E-state index in [-0.39, 0.29) is 6.10 Å². The Morgan fingerprint density at radius 1 is 1.32 bits per heavy atom. The maximum Gasteiger partial charge on any atom is 0.172 e. The van der Waals surface area contributed by atoms with E-state index in [4.69, 9.17) is 4.74 Å². The molecule has 5 rings (SSSR count). The molecule has 3 aromatic heterocycles. The van der Waals surface area contributed by atoms with Crippen LogP contribution in [0.2, 0.25) is 0 Å².